The number of alkyl halides is 1. The van der Waals surface area contributed by atoms with Gasteiger partial charge < -0.3 is 0 Å². The van der Waals surface area contributed by atoms with Crippen molar-refractivity contribution in [1.82, 2.24) is 0 Å². The summed E-state index contributed by atoms with van der Waals surface area (Å²) in [5.74, 6) is -0.152. The van der Waals surface area contributed by atoms with Gasteiger partial charge in [0.1, 0.15) is 5.67 Å². The highest BCUT2D eigenvalue weighted by Crippen LogP contribution is 2.42. The largest absolute Gasteiger partial charge is 0.240 e. The average Bonchev–Trinajstić information content (AvgIpc) is 1.84. The van der Waals surface area contributed by atoms with E-state index >= 15 is 0 Å². The number of hydrogen-bond donors (Lipinski definition) is 0. The smallest absolute Gasteiger partial charge is 0.181 e. The molecule has 0 heterocycles. The fraction of sp³-hybridized carbons (Fsp3) is 0.875. The maximum Gasteiger partial charge on any atom is 0.181 e. The molecule has 2 unspecified atom stereocenters. The minimum Gasteiger partial charge on any atom is -0.240 e. The van der Waals surface area contributed by atoms with Crippen molar-refractivity contribution < 1.29 is 8.78 Å². The van der Waals surface area contributed by atoms with Crippen molar-refractivity contribution >= 4 is 0 Å². The van der Waals surface area contributed by atoms with E-state index in [0.717, 1.165) is 12.8 Å². The van der Waals surface area contributed by atoms with E-state index in [-0.39, 0.29) is 5.92 Å². The zero-order valence-corrected chi connectivity index (χ0v) is 6.45. The Kier molecular flexibility index (Phi) is 1.97. The second-order valence-electron chi connectivity index (χ2n) is 3.27. The Morgan fingerprint density at radius 3 is 2.60 bits per heavy atom. The molecule has 1 radical (unpaired) electrons. The fourth-order valence-electron chi connectivity index (χ4n) is 1.35. The van der Waals surface area contributed by atoms with Crippen LogP contribution in [0.3, 0.4) is 0 Å². The zero-order chi connectivity index (χ0) is 7.78. The Morgan fingerprint density at radius 2 is 2.20 bits per heavy atom. The molecule has 0 aromatic carbocycles. The molecule has 0 amide bonds. The van der Waals surface area contributed by atoms with E-state index in [2.05, 4.69) is 0 Å². The van der Waals surface area contributed by atoms with Crippen molar-refractivity contribution in [3.05, 3.63) is 6.17 Å². The molecule has 1 aliphatic rings. The molecule has 10 heavy (non-hydrogen) atoms. The van der Waals surface area contributed by atoms with Crippen LogP contribution in [-0.2, 0) is 0 Å². The van der Waals surface area contributed by atoms with E-state index in [0.29, 0.717) is 6.42 Å². The van der Waals surface area contributed by atoms with Crippen LogP contribution in [0.1, 0.15) is 33.1 Å². The SMILES string of the molecule is CC1CCC[C](F)C1(C)F. The third kappa shape index (κ3) is 1.16. The van der Waals surface area contributed by atoms with Gasteiger partial charge in [0.05, 0.1) is 0 Å². The van der Waals surface area contributed by atoms with Gasteiger partial charge >= 0.3 is 0 Å². The summed E-state index contributed by atoms with van der Waals surface area (Å²) in [6.45, 7) is 3.10. The Hall–Kier alpha value is -0.140. The minimum absolute atomic E-state index is 0.152. The summed E-state index contributed by atoms with van der Waals surface area (Å²) in [6.07, 6.45) is 1.45. The Morgan fingerprint density at radius 1 is 1.60 bits per heavy atom. The predicted octanol–water partition coefficient (Wildman–Crippen LogP) is 3.04. The second-order valence-corrected chi connectivity index (χ2v) is 3.27. The van der Waals surface area contributed by atoms with E-state index in [1.165, 1.54) is 6.92 Å². The quantitative estimate of drug-likeness (QED) is 0.494. The molecule has 1 saturated carbocycles. The zero-order valence-electron chi connectivity index (χ0n) is 6.45. The Bertz CT molecular complexity index is 108. The molecule has 2 atom stereocenters. The van der Waals surface area contributed by atoms with E-state index in [1.54, 1.807) is 6.92 Å². The van der Waals surface area contributed by atoms with Crippen molar-refractivity contribution in [1.29, 1.82) is 0 Å². The third-order valence-electron chi connectivity index (χ3n) is 2.49. The van der Waals surface area contributed by atoms with Crippen LogP contribution in [0.2, 0.25) is 0 Å². The van der Waals surface area contributed by atoms with Gasteiger partial charge in [-0.05, 0) is 32.1 Å². The highest BCUT2D eigenvalue weighted by molar-refractivity contribution is 5.03. The number of halogens is 2. The van der Waals surface area contributed by atoms with Crippen LogP contribution < -0.4 is 0 Å². The summed E-state index contributed by atoms with van der Waals surface area (Å²) >= 11 is 0. The van der Waals surface area contributed by atoms with Crippen molar-refractivity contribution in [2.45, 2.75) is 38.8 Å². The van der Waals surface area contributed by atoms with E-state index < -0.39 is 11.8 Å². The first kappa shape index (κ1) is 7.96. The monoisotopic (exact) mass is 147 g/mol. The highest BCUT2D eigenvalue weighted by atomic mass is 19.2. The molecule has 0 spiro atoms. The lowest BCUT2D eigenvalue weighted by Crippen LogP contribution is -2.36. The molecule has 0 N–H and O–H groups in total. The van der Waals surface area contributed by atoms with Gasteiger partial charge in [-0.25, -0.2) is 8.78 Å². The first-order valence-corrected chi connectivity index (χ1v) is 3.76. The molecule has 0 bridgehead atoms. The van der Waals surface area contributed by atoms with Crippen LogP contribution >= 0.6 is 0 Å². The Balaban J connectivity index is 2.63. The first-order valence-electron chi connectivity index (χ1n) is 3.76. The molecule has 0 aromatic heterocycles. The highest BCUT2D eigenvalue weighted by Gasteiger charge is 2.43. The molecule has 1 rings (SSSR count). The fourth-order valence-corrected chi connectivity index (χ4v) is 1.35. The van der Waals surface area contributed by atoms with Gasteiger partial charge in [0.15, 0.2) is 6.17 Å². The summed E-state index contributed by atoms with van der Waals surface area (Å²) in [5.41, 5.74) is -1.65. The summed E-state index contributed by atoms with van der Waals surface area (Å²) in [5, 5.41) is 0. The van der Waals surface area contributed by atoms with Gasteiger partial charge in [0.25, 0.3) is 0 Å². The van der Waals surface area contributed by atoms with Gasteiger partial charge in [-0.3, -0.25) is 0 Å². The maximum absolute atomic E-state index is 13.2. The van der Waals surface area contributed by atoms with Gasteiger partial charge in [0, 0.05) is 0 Å². The topological polar surface area (TPSA) is 0 Å². The van der Waals surface area contributed by atoms with E-state index in [9.17, 15) is 8.78 Å². The average molecular weight is 147 g/mol. The predicted molar refractivity (Wildman–Crippen MR) is 36.9 cm³/mol. The molecular formula is C8H13F2. The summed E-state index contributed by atoms with van der Waals surface area (Å²) in [4.78, 5) is 0. The van der Waals surface area contributed by atoms with Crippen molar-refractivity contribution in [3.8, 4) is 0 Å². The van der Waals surface area contributed by atoms with Crippen LogP contribution in [0, 0.1) is 12.1 Å². The van der Waals surface area contributed by atoms with Crippen molar-refractivity contribution in [2.75, 3.05) is 0 Å². The van der Waals surface area contributed by atoms with Crippen molar-refractivity contribution in [2.24, 2.45) is 5.92 Å². The third-order valence-corrected chi connectivity index (χ3v) is 2.49. The molecule has 0 aliphatic heterocycles. The standard InChI is InChI=1S/C8H13F2/c1-6-4-3-5-7(9)8(6,2)10/h6H,3-5H2,1-2H3. The molecular weight excluding hydrogens is 134 g/mol. The van der Waals surface area contributed by atoms with Crippen LogP contribution in [0.25, 0.3) is 0 Å². The van der Waals surface area contributed by atoms with Crippen molar-refractivity contribution in [3.63, 3.8) is 0 Å². The van der Waals surface area contributed by atoms with Crippen LogP contribution in [0.5, 0.6) is 0 Å². The molecule has 1 aliphatic carbocycles. The summed E-state index contributed by atoms with van der Waals surface area (Å²) in [6, 6.07) is 0. The van der Waals surface area contributed by atoms with Gasteiger partial charge in [-0.1, -0.05) is 6.92 Å². The van der Waals surface area contributed by atoms with Crippen LogP contribution in [0.4, 0.5) is 8.78 Å². The molecule has 0 aromatic rings. The molecule has 0 nitrogen and oxygen atoms in total. The van der Waals surface area contributed by atoms with E-state index in [1.807, 2.05) is 0 Å². The Labute approximate surface area is 60.6 Å². The normalized spacial score (nSPS) is 43.8. The molecule has 1 fully saturated rings. The molecule has 59 valence electrons. The van der Waals surface area contributed by atoms with Crippen LogP contribution in [0.15, 0.2) is 0 Å². The van der Waals surface area contributed by atoms with Gasteiger partial charge in [-0.15, -0.1) is 0 Å². The lowest BCUT2D eigenvalue weighted by molar-refractivity contribution is 0.0475. The second kappa shape index (κ2) is 2.48. The number of rotatable bonds is 0. The summed E-state index contributed by atoms with van der Waals surface area (Å²) < 4.78 is 26.0. The van der Waals surface area contributed by atoms with Gasteiger partial charge in [0.2, 0.25) is 0 Å². The first-order chi connectivity index (χ1) is 4.55. The van der Waals surface area contributed by atoms with E-state index in [4.69, 9.17) is 0 Å². The lowest BCUT2D eigenvalue weighted by atomic mass is 9.78. The number of hydrogen-bond acceptors (Lipinski definition) is 0. The minimum atomic E-state index is -1.65. The molecule has 0 saturated heterocycles. The summed E-state index contributed by atoms with van der Waals surface area (Å²) in [7, 11) is 0. The molecule has 2 heteroatoms. The maximum atomic E-state index is 13.2. The van der Waals surface area contributed by atoms with Gasteiger partial charge in [-0.2, -0.15) is 0 Å². The van der Waals surface area contributed by atoms with Crippen LogP contribution in [-0.4, -0.2) is 5.67 Å². The lowest BCUT2D eigenvalue weighted by Gasteiger charge is -2.34.